The van der Waals surface area contributed by atoms with Crippen molar-refractivity contribution in [3.05, 3.63) is 108 Å². The molecule has 0 bridgehead atoms. The van der Waals surface area contributed by atoms with Gasteiger partial charge in [-0.1, -0.05) is 97.9 Å². The molecule has 0 aliphatic rings. The zero-order chi connectivity index (χ0) is 21.2. The first-order chi connectivity index (χ1) is 14.7. The van der Waals surface area contributed by atoms with Crippen molar-refractivity contribution in [1.29, 1.82) is 0 Å². The number of hydrogen-bond acceptors (Lipinski definition) is 3. The molecule has 1 atom stereocenters. The lowest BCUT2D eigenvalue weighted by atomic mass is 10.0. The zero-order valence-electron chi connectivity index (χ0n) is 17.2. The van der Waals surface area contributed by atoms with Gasteiger partial charge in [-0.3, -0.25) is 4.79 Å². The van der Waals surface area contributed by atoms with Crippen LogP contribution >= 0.6 is 0 Å². The van der Waals surface area contributed by atoms with Gasteiger partial charge in [-0.05, 0) is 17.5 Å². The highest BCUT2D eigenvalue weighted by molar-refractivity contribution is 5.96. The van der Waals surface area contributed by atoms with E-state index in [0.717, 1.165) is 11.1 Å². The highest BCUT2D eigenvalue weighted by Crippen LogP contribution is 2.19. The number of nitrogens with zero attached hydrogens (tertiary/aromatic N) is 1. The molecule has 0 radical (unpaired) electrons. The van der Waals surface area contributed by atoms with Crippen molar-refractivity contribution in [1.82, 2.24) is 4.90 Å². The third kappa shape index (κ3) is 6.05. The van der Waals surface area contributed by atoms with E-state index in [2.05, 4.69) is 0 Å². The molecule has 154 valence electrons. The van der Waals surface area contributed by atoms with Crippen LogP contribution in [0, 0.1) is 0 Å². The minimum atomic E-state index is -0.407. The number of amides is 1. The first kappa shape index (κ1) is 21.3. The van der Waals surface area contributed by atoms with Crippen LogP contribution in [-0.4, -0.2) is 22.8 Å². The average Bonchev–Trinajstić information content (AvgIpc) is 2.81. The topological polar surface area (TPSA) is 46.6 Å². The maximum Gasteiger partial charge on any atom is 0.410 e. The number of carbonyl (C=O) groups is 2. The molecule has 0 aliphatic heterocycles. The van der Waals surface area contributed by atoms with Crippen molar-refractivity contribution in [3.63, 3.8) is 0 Å². The number of Topliss-reactive ketones (excluding diaryl/α,β-unsaturated/α-hetero) is 1. The zero-order valence-corrected chi connectivity index (χ0v) is 17.2. The predicted molar refractivity (Wildman–Crippen MR) is 118 cm³/mol. The second kappa shape index (κ2) is 11.0. The van der Waals surface area contributed by atoms with Crippen LogP contribution in [0.5, 0.6) is 0 Å². The normalized spacial score (nSPS) is 11.5. The lowest BCUT2D eigenvalue weighted by Gasteiger charge is -2.30. The highest BCUT2D eigenvalue weighted by atomic mass is 16.6. The standard InChI is InChI=1S/C26H27NO3/c1-2-24(18-25(28)23-16-10-5-11-17-23)27(19-21-12-6-3-7-13-21)26(29)30-20-22-14-8-4-9-15-22/h3-17,24H,2,18-20H2,1H3. The quantitative estimate of drug-likeness (QED) is 0.421. The number of ether oxygens (including phenoxy) is 1. The van der Waals surface area contributed by atoms with Gasteiger partial charge in [0.15, 0.2) is 5.78 Å². The van der Waals surface area contributed by atoms with E-state index in [1.54, 1.807) is 4.90 Å². The van der Waals surface area contributed by atoms with Crippen LogP contribution in [0.15, 0.2) is 91.0 Å². The molecule has 30 heavy (non-hydrogen) atoms. The number of carbonyl (C=O) groups excluding carboxylic acids is 2. The second-order valence-corrected chi connectivity index (χ2v) is 7.21. The van der Waals surface area contributed by atoms with Gasteiger partial charge in [-0.25, -0.2) is 4.79 Å². The maximum atomic E-state index is 13.0. The average molecular weight is 402 g/mol. The second-order valence-electron chi connectivity index (χ2n) is 7.21. The van der Waals surface area contributed by atoms with Gasteiger partial charge in [0.05, 0.1) is 0 Å². The summed E-state index contributed by atoms with van der Waals surface area (Å²) in [6, 6.07) is 28.3. The van der Waals surface area contributed by atoms with Crippen LogP contribution < -0.4 is 0 Å². The number of hydrogen-bond donors (Lipinski definition) is 0. The highest BCUT2D eigenvalue weighted by Gasteiger charge is 2.26. The van der Waals surface area contributed by atoms with Gasteiger partial charge in [0.2, 0.25) is 0 Å². The van der Waals surface area contributed by atoms with Crippen molar-refractivity contribution in [3.8, 4) is 0 Å². The fourth-order valence-electron chi connectivity index (χ4n) is 3.36. The van der Waals surface area contributed by atoms with Crippen LogP contribution in [0.3, 0.4) is 0 Å². The summed E-state index contributed by atoms with van der Waals surface area (Å²) >= 11 is 0. The van der Waals surface area contributed by atoms with Crippen LogP contribution in [0.4, 0.5) is 4.79 Å². The Morgan fingerprint density at radius 3 is 1.90 bits per heavy atom. The largest absolute Gasteiger partial charge is 0.445 e. The van der Waals surface area contributed by atoms with Gasteiger partial charge >= 0.3 is 6.09 Å². The van der Waals surface area contributed by atoms with Crippen LogP contribution in [-0.2, 0) is 17.9 Å². The Morgan fingerprint density at radius 1 is 0.800 bits per heavy atom. The Balaban J connectivity index is 1.75. The molecule has 0 N–H and O–H groups in total. The van der Waals surface area contributed by atoms with Crippen molar-refractivity contribution in [2.75, 3.05) is 0 Å². The number of ketones is 1. The minimum absolute atomic E-state index is 0.0244. The molecular formula is C26H27NO3. The molecule has 0 aliphatic carbocycles. The Hall–Kier alpha value is -3.40. The molecule has 0 fully saturated rings. The molecule has 0 heterocycles. The molecule has 3 aromatic rings. The monoisotopic (exact) mass is 401 g/mol. The number of benzene rings is 3. The van der Waals surface area contributed by atoms with Gasteiger partial charge < -0.3 is 9.64 Å². The molecule has 3 aromatic carbocycles. The van der Waals surface area contributed by atoms with E-state index in [1.165, 1.54) is 0 Å². The fourth-order valence-corrected chi connectivity index (χ4v) is 3.36. The Kier molecular flexibility index (Phi) is 7.78. The van der Waals surface area contributed by atoms with Gasteiger partial charge in [-0.2, -0.15) is 0 Å². The summed E-state index contributed by atoms with van der Waals surface area (Å²) in [7, 11) is 0. The molecule has 0 saturated carbocycles. The smallest absolute Gasteiger partial charge is 0.410 e. The lowest BCUT2D eigenvalue weighted by molar-refractivity contribution is 0.0697. The first-order valence-electron chi connectivity index (χ1n) is 10.3. The van der Waals surface area contributed by atoms with Gasteiger partial charge in [0.25, 0.3) is 0 Å². The molecule has 0 spiro atoms. The summed E-state index contributed by atoms with van der Waals surface area (Å²) in [6.45, 7) is 2.59. The third-order valence-electron chi connectivity index (χ3n) is 5.06. The van der Waals surface area contributed by atoms with Crippen LogP contribution in [0.25, 0.3) is 0 Å². The van der Waals surface area contributed by atoms with Crippen molar-refractivity contribution in [2.45, 2.75) is 39.0 Å². The van der Waals surface area contributed by atoms with Crippen LogP contribution in [0.2, 0.25) is 0 Å². The van der Waals surface area contributed by atoms with E-state index in [0.29, 0.717) is 18.5 Å². The molecular weight excluding hydrogens is 374 g/mol. The SMILES string of the molecule is CCC(CC(=O)c1ccccc1)N(Cc1ccccc1)C(=O)OCc1ccccc1. The van der Waals surface area contributed by atoms with E-state index in [9.17, 15) is 9.59 Å². The summed E-state index contributed by atoms with van der Waals surface area (Å²) in [5, 5.41) is 0. The van der Waals surface area contributed by atoms with E-state index in [4.69, 9.17) is 4.74 Å². The van der Waals surface area contributed by atoms with E-state index in [-0.39, 0.29) is 24.9 Å². The van der Waals surface area contributed by atoms with Crippen molar-refractivity contribution >= 4 is 11.9 Å². The Bertz CT molecular complexity index is 926. The number of rotatable bonds is 9. The Labute approximate surface area is 178 Å². The molecule has 1 amide bonds. The maximum absolute atomic E-state index is 13.0. The molecule has 1 unspecified atom stereocenters. The third-order valence-corrected chi connectivity index (χ3v) is 5.06. The summed E-state index contributed by atoms with van der Waals surface area (Å²) < 4.78 is 5.61. The first-order valence-corrected chi connectivity index (χ1v) is 10.3. The predicted octanol–water partition coefficient (Wildman–Crippen LogP) is 5.88. The minimum Gasteiger partial charge on any atom is -0.445 e. The molecule has 4 heteroatoms. The van der Waals surface area contributed by atoms with E-state index in [1.807, 2.05) is 97.9 Å². The summed E-state index contributed by atoms with van der Waals surface area (Å²) in [5.41, 5.74) is 2.59. The molecule has 3 rings (SSSR count). The van der Waals surface area contributed by atoms with Gasteiger partial charge in [0.1, 0.15) is 6.61 Å². The van der Waals surface area contributed by atoms with Crippen molar-refractivity contribution < 1.29 is 14.3 Å². The Morgan fingerprint density at radius 2 is 1.33 bits per heavy atom. The fraction of sp³-hybridized carbons (Fsp3) is 0.231. The van der Waals surface area contributed by atoms with Crippen molar-refractivity contribution in [2.24, 2.45) is 0 Å². The lowest BCUT2D eigenvalue weighted by Crippen LogP contribution is -2.41. The van der Waals surface area contributed by atoms with Gasteiger partial charge in [-0.15, -0.1) is 0 Å². The van der Waals surface area contributed by atoms with E-state index < -0.39 is 6.09 Å². The van der Waals surface area contributed by atoms with E-state index >= 15 is 0 Å². The summed E-state index contributed by atoms with van der Waals surface area (Å²) in [5.74, 6) is 0.0244. The molecule has 0 aromatic heterocycles. The van der Waals surface area contributed by atoms with Gasteiger partial charge in [0, 0.05) is 24.6 Å². The summed E-state index contributed by atoms with van der Waals surface area (Å²) in [4.78, 5) is 27.5. The molecule has 0 saturated heterocycles. The van der Waals surface area contributed by atoms with Crippen LogP contribution in [0.1, 0.15) is 41.3 Å². The molecule has 4 nitrogen and oxygen atoms in total. The summed E-state index contributed by atoms with van der Waals surface area (Å²) in [6.07, 6.45) is 0.509.